The molecular formula is C14H17ClN2O3S. The van der Waals surface area contributed by atoms with Gasteiger partial charge in [-0.25, -0.2) is 13.6 Å². The first-order chi connectivity index (χ1) is 9.80. The number of carbonyl (C=O) groups is 1. The minimum absolute atomic E-state index is 0.00443. The minimum atomic E-state index is -3.65. The van der Waals surface area contributed by atoms with Crippen LogP contribution in [0, 0.1) is 0 Å². The number of nitrogens with zero attached hydrogens (tertiary/aromatic N) is 1. The quantitative estimate of drug-likeness (QED) is 0.903. The maximum absolute atomic E-state index is 12.0. The Hall–Kier alpha value is -1.11. The molecule has 1 amide bonds. The van der Waals surface area contributed by atoms with Crippen LogP contribution in [-0.2, 0) is 20.2 Å². The second-order valence-corrected chi connectivity index (χ2v) is 8.26. The zero-order valence-electron chi connectivity index (χ0n) is 11.5. The number of hydrogen-bond donors (Lipinski definition) is 1. The molecule has 7 heteroatoms. The first-order valence-corrected chi connectivity index (χ1v) is 8.84. The monoisotopic (exact) mass is 328 g/mol. The molecule has 1 aromatic carbocycles. The fourth-order valence-corrected chi connectivity index (χ4v) is 3.86. The average molecular weight is 329 g/mol. The van der Waals surface area contributed by atoms with E-state index in [0.29, 0.717) is 11.6 Å². The van der Waals surface area contributed by atoms with E-state index in [1.165, 1.54) is 0 Å². The number of rotatable bonds is 4. The van der Waals surface area contributed by atoms with Crippen molar-refractivity contribution in [1.82, 2.24) is 4.90 Å². The molecule has 114 valence electrons. The van der Waals surface area contributed by atoms with Gasteiger partial charge in [-0.15, -0.1) is 0 Å². The number of sulfonamides is 1. The van der Waals surface area contributed by atoms with E-state index >= 15 is 0 Å². The lowest BCUT2D eigenvalue weighted by atomic mass is 9.95. The summed E-state index contributed by atoms with van der Waals surface area (Å²) in [6.45, 7) is 0.756. The topological polar surface area (TPSA) is 80.5 Å². The third-order valence-electron chi connectivity index (χ3n) is 4.45. The van der Waals surface area contributed by atoms with Crippen molar-refractivity contribution in [3.8, 4) is 0 Å². The lowest BCUT2D eigenvalue weighted by molar-refractivity contribution is -0.128. The molecule has 1 unspecified atom stereocenters. The lowest BCUT2D eigenvalue weighted by Crippen LogP contribution is -2.36. The Labute approximate surface area is 129 Å². The molecule has 5 nitrogen and oxygen atoms in total. The van der Waals surface area contributed by atoms with Gasteiger partial charge in [0, 0.05) is 29.9 Å². The van der Waals surface area contributed by atoms with Crippen molar-refractivity contribution in [2.75, 3.05) is 13.1 Å². The van der Waals surface area contributed by atoms with Gasteiger partial charge in [0.2, 0.25) is 15.9 Å². The largest absolute Gasteiger partial charge is 0.340 e. The highest BCUT2D eigenvalue weighted by atomic mass is 35.5. The standard InChI is InChI=1S/C14H17ClN2O3S/c15-11-3-1-10(2-4-11)14(5-6-14)9-17-8-12(7-13(17)18)21(16,19)20/h1-4,12H,5-9H2,(H2,16,19,20). The van der Waals surface area contributed by atoms with Gasteiger partial charge in [-0.2, -0.15) is 0 Å². The molecule has 2 N–H and O–H groups in total. The Morgan fingerprint density at radius 1 is 1.29 bits per heavy atom. The van der Waals surface area contributed by atoms with Crippen LogP contribution in [-0.4, -0.2) is 37.6 Å². The molecule has 1 aliphatic heterocycles. The Morgan fingerprint density at radius 2 is 1.90 bits per heavy atom. The van der Waals surface area contributed by atoms with Crippen molar-refractivity contribution in [1.29, 1.82) is 0 Å². The number of carbonyl (C=O) groups excluding carboxylic acids is 1. The smallest absolute Gasteiger partial charge is 0.224 e. The SMILES string of the molecule is NS(=O)(=O)C1CC(=O)N(CC2(c3ccc(Cl)cc3)CC2)C1. The van der Waals surface area contributed by atoms with E-state index in [0.717, 1.165) is 18.4 Å². The van der Waals surface area contributed by atoms with Crippen LogP contribution in [0.1, 0.15) is 24.8 Å². The predicted octanol–water partition coefficient (Wildman–Crippen LogP) is 1.26. The highest BCUT2D eigenvalue weighted by molar-refractivity contribution is 7.89. The van der Waals surface area contributed by atoms with Crippen LogP contribution < -0.4 is 5.14 Å². The lowest BCUT2D eigenvalue weighted by Gasteiger charge is -2.24. The van der Waals surface area contributed by atoms with Gasteiger partial charge >= 0.3 is 0 Å². The Balaban J connectivity index is 1.75. The van der Waals surface area contributed by atoms with Gasteiger partial charge in [-0.05, 0) is 30.5 Å². The van der Waals surface area contributed by atoms with Crippen LogP contribution in [0.4, 0.5) is 0 Å². The van der Waals surface area contributed by atoms with Gasteiger partial charge in [-0.1, -0.05) is 23.7 Å². The maximum Gasteiger partial charge on any atom is 0.224 e. The molecule has 0 radical (unpaired) electrons. The summed E-state index contributed by atoms with van der Waals surface area (Å²) in [6.07, 6.45) is 1.99. The first-order valence-electron chi connectivity index (χ1n) is 6.86. The van der Waals surface area contributed by atoms with Crippen molar-refractivity contribution >= 4 is 27.5 Å². The molecule has 1 aliphatic carbocycles. The highest BCUT2D eigenvalue weighted by Gasteiger charge is 2.48. The van der Waals surface area contributed by atoms with E-state index in [4.69, 9.17) is 16.7 Å². The maximum atomic E-state index is 12.0. The third kappa shape index (κ3) is 2.93. The number of likely N-dealkylation sites (tertiary alicyclic amines) is 1. The molecule has 21 heavy (non-hydrogen) atoms. The van der Waals surface area contributed by atoms with E-state index in [2.05, 4.69) is 0 Å². The number of nitrogens with two attached hydrogens (primary N) is 1. The second kappa shape index (κ2) is 4.97. The van der Waals surface area contributed by atoms with Gasteiger partial charge in [-0.3, -0.25) is 4.79 Å². The number of hydrogen-bond acceptors (Lipinski definition) is 3. The van der Waals surface area contributed by atoms with Crippen LogP contribution in [0.2, 0.25) is 5.02 Å². The molecule has 1 saturated heterocycles. The van der Waals surface area contributed by atoms with Crippen molar-refractivity contribution in [3.05, 3.63) is 34.9 Å². The van der Waals surface area contributed by atoms with E-state index in [-0.39, 0.29) is 24.3 Å². The van der Waals surface area contributed by atoms with Gasteiger partial charge in [0.1, 0.15) is 5.25 Å². The van der Waals surface area contributed by atoms with Crippen LogP contribution in [0.15, 0.2) is 24.3 Å². The zero-order chi connectivity index (χ0) is 15.3. The molecule has 1 aromatic rings. The van der Waals surface area contributed by atoms with Crippen molar-refractivity contribution < 1.29 is 13.2 Å². The number of benzene rings is 1. The minimum Gasteiger partial charge on any atom is -0.340 e. The molecule has 2 aliphatic rings. The molecule has 1 atom stereocenters. The van der Waals surface area contributed by atoms with Crippen LogP contribution >= 0.6 is 11.6 Å². The van der Waals surface area contributed by atoms with E-state index in [1.54, 1.807) is 4.90 Å². The van der Waals surface area contributed by atoms with E-state index < -0.39 is 15.3 Å². The normalized spacial score (nSPS) is 24.4. The summed E-state index contributed by atoms with van der Waals surface area (Å²) in [5, 5.41) is 5.06. The summed E-state index contributed by atoms with van der Waals surface area (Å²) in [5.41, 5.74) is 1.10. The summed E-state index contributed by atoms with van der Waals surface area (Å²) in [5.74, 6) is -0.130. The molecule has 1 heterocycles. The van der Waals surface area contributed by atoms with Crippen molar-refractivity contribution in [2.24, 2.45) is 5.14 Å². The fraction of sp³-hybridized carbons (Fsp3) is 0.500. The highest BCUT2D eigenvalue weighted by Crippen LogP contribution is 2.49. The summed E-state index contributed by atoms with van der Waals surface area (Å²) >= 11 is 5.90. The van der Waals surface area contributed by atoms with Crippen molar-refractivity contribution in [2.45, 2.75) is 29.9 Å². The van der Waals surface area contributed by atoms with Crippen molar-refractivity contribution in [3.63, 3.8) is 0 Å². The Morgan fingerprint density at radius 3 is 2.38 bits per heavy atom. The number of amides is 1. The zero-order valence-corrected chi connectivity index (χ0v) is 13.0. The molecule has 3 rings (SSSR count). The van der Waals surface area contributed by atoms with Gasteiger partial charge in [0.25, 0.3) is 0 Å². The van der Waals surface area contributed by atoms with Crippen LogP contribution in [0.3, 0.4) is 0 Å². The Kier molecular flexibility index (Phi) is 3.50. The third-order valence-corrected chi connectivity index (χ3v) is 5.94. The molecule has 1 saturated carbocycles. The number of halogens is 1. The van der Waals surface area contributed by atoms with Crippen LogP contribution in [0.25, 0.3) is 0 Å². The van der Waals surface area contributed by atoms with E-state index in [1.807, 2.05) is 24.3 Å². The van der Waals surface area contributed by atoms with Gasteiger partial charge in [0.15, 0.2) is 0 Å². The second-order valence-electron chi connectivity index (χ2n) is 5.98. The summed E-state index contributed by atoms with van der Waals surface area (Å²) < 4.78 is 22.8. The average Bonchev–Trinajstić information content (AvgIpc) is 3.08. The molecular weight excluding hydrogens is 312 g/mol. The summed E-state index contributed by atoms with van der Waals surface area (Å²) in [6, 6.07) is 7.64. The van der Waals surface area contributed by atoms with Crippen LogP contribution in [0.5, 0.6) is 0 Å². The first kappa shape index (κ1) is 14.8. The summed E-state index contributed by atoms with van der Waals surface area (Å²) in [4.78, 5) is 13.6. The molecule has 2 fully saturated rings. The fourth-order valence-electron chi connectivity index (χ4n) is 2.97. The molecule has 0 bridgehead atoms. The summed E-state index contributed by atoms with van der Waals surface area (Å²) in [7, 11) is -3.65. The molecule has 0 spiro atoms. The molecule has 0 aromatic heterocycles. The number of primary sulfonamides is 1. The van der Waals surface area contributed by atoms with E-state index in [9.17, 15) is 13.2 Å². The predicted molar refractivity (Wildman–Crippen MR) is 80.5 cm³/mol. The Bertz CT molecular complexity index is 668. The van der Waals surface area contributed by atoms with Gasteiger partial charge in [0.05, 0.1) is 0 Å². The van der Waals surface area contributed by atoms with Gasteiger partial charge < -0.3 is 4.90 Å².